The van der Waals surface area contributed by atoms with E-state index in [0.717, 1.165) is 18.5 Å². The first-order valence-electron chi connectivity index (χ1n) is 8.23. The van der Waals surface area contributed by atoms with Gasteiger partial charge in [-0.15, -0.1) is 0 Å². The standard InChI is InChI=1S/C20H21NO2/c22-19(16-8-2-1-3-9-16)13-14-20(23)21-18-12-6-10-15-7-4-5-11-17(15)18/h1-3,6,8-10,12H,4-5,7,11,13-14H2,(H,21,23). The summed E-state index contributed by atoms with van der Waals surface area (Å²) in [5.74, 6) is -0.0795. The van der Waals surface area contributed by atoms with Gasteiger partial charge in [0.05, 0.1) is 0 Å². The second-order valence-corrected chi connectivity index (χ2v) is 5.99. The maximum Gasteiger partial charge on any atom is 0.224 e. The molecule has 2 aromatic carbocycles. The maximum absolute atomic E-state index is 12.2. The van der Waals surface area contributed by atoms with Gasteiger partial charge in [-0.05, 0) is 42.9 Å². The molecule has 1 aliphatic carbocycles. The number of Topliss-reactive ketones (excluding diaryl/α,β-unsaturated/α-hetero) is 1. The lowest BCUT2D eigenvalue weighted by Gasteiger charge is -2.19. The molecule has 0 aliphatic heterocycles. The molecule has 1 amide bonds. The zero-order valence-corrected chi connectivity index (χ0v) is 13.2. The van der Waals surface area contributed by atoms with Crippen LogP contribution in [0.5, 0.6) is 0 Å². The lowest BCUT2D eigenvalue weighted by atomic mass is 9.90. The highest BCUT2D eigenvalue weighted by Gasteiger charge is 2.15. The molecule has 0 atom stereocenters. The summed E-state index contributed by atoms with van der Waals surface area (Å²) in [5, 5.41) is 2.99. The monoisotopic (exact) mass is 307 g/mol. The molecular weight excluding hydrogens is 286 g/mol. The average molecular weight is 307 g/mol. The van der Waals surface area contributed by atoms with E-state index in [0.29, 0.717) is 5.56 Å². The Labute approximate surface area is 136 Å². The van der Waals surface area contributed by atoms with Crippen molar-refractivity contribution in [2.24, 2.45) is 0 Å². The number of ketones is 1. The van der Waals surface area contributed by atoms with Crippen molar-refractivity contribution >= 4 is 17.4 Å². The van der Waals surface area contributed by atoms with Crippen molar-refractivity contribution in [1.82, 2.24) is 0 Å². The zero-order valence-electron chi connectivity index (χ0n) is 13.2. The Kier molecular flexibility index (Phi) is 4.86. The molecule has 0 aromatic heterocycles. The number of carbonyl (C=O) groups excluding carboxylic acids is 2. The van der Waals surface area contributed by atoms with E-state index in [-0.39, 0.29) is 24.5 Å². The molecule has 3 heteroatoms. The molecule has 3 nitrogen and oxygen atoms in total. The van der Waals surface area contributed by atoms with Gasteiger partial charge in [0, 0.05) is 24.1 Å². The topological polar surface area (TPSA) is 46.2 Å². The summed E-state index contributed by atoms with van der Waals surface area (Å²) in [5.41, 5.74) is 4.19. The van der Waals surface area contributed by atoms with Gasteiger partial charge in [0.25, 0.3) is 0 Å². The highest BCUT2D eigenvalue weighted by atomic mass is 16.2. The zero-order chi connectivity index (χ0) is 16.1. The van der Waals surface area contributed by atoms with Gasteiger partial charge in [-0.3, -0.25) is 9.59 Å². The fourth-order valence-electron chi connectivity index (χ4n) is 3.11. The van der Waals surface area contributed by atoms with Gasteiger partial charge in [0.2, 0.25) is 5.91 Å². The highest BCUT2D eigenvalue weighted by molar-refractivity contribution is 6.00. The molecule has 0 unspecified atom stereocenters. The van der Waals surface area contributed by atoms with Crippen molar-refractivity contribution in [3.63, 3.8) is 0 Å². The Bertz CT molecular complexity index is 707. The van der Waals surface area contributed by atoms with Crippen molar-refractivity contribution in [2.45, 2.75) is 38.5 Å². The second kappa shape index (κ2) is 7.23. The smallest absolute Gasteiger partial charge is 0.224 e. The molecule has 2 aromatic rings. The summed E-state index contributed by atoms with van der Waals surface area (Å²) in [6, 6.07) is 15.2. The van der Waals surface area contributed by atoms with Crippen LogP contribution in [0, 0.1) is 0 Å². The molecule has 1 aliphatic rings. The SMILES string of the molecule is O=C(CCC(=O)c1ccccc1)Nc1cccc2c1CCCC2. The third kappa shape index (κ3) is 3.86. The molecule has 0 radical (unpaired) electrons. The van der Waals surface area contributed by atoms with E-state index >= 15 is 0 Å². The average Bonchev–Trinajstić information content (AvgIpc) is 2.61. The lowest BCUT2D eigenvalue weighted by molar-refractivity contribution is -0.116. The summed E-state index contributed by atoms with van der Waals surface area (Å²) in [4.78, 5) is 24.2. The van der Waals surface area contributed by atoms with Crippen LogP contribution in [0.3, 0.4) is 0 Å². The van der Waals surface area contributed by atoms with Gasteiger partial charge in [-0.25, -0.2) is 0 Å². The van der Waals surface area contributed by atoms with Gasteiger partial charge < -0.3 is 5.32 Å². The van der Waals surface area contributed by atoms with Gasteiger partial charge in [0.1, 0.15) is 0 Å². The Hall–Kier alpha value is -2.42. The van der Waals surface area contributed by atoms with Crippen LogP contribution >= 0.6 is 0 Å². The second-order valence-electron chi connectivity index (χ2n) is 5.99. The number of anilines is 1. The predicted molar refractivity (Wildman–Crippen MR) is 91.7 cm³/mol. The van der Waals surface area contributed by atoms with Crippen LogP contribution in [0.1, 0.15) is 47.2 Å². The number of carbonyl (C=O) groups is 2. The van der Waals surface area contributed by atoms with Crippen LogP contribution in [0.25, 0.3) is 0 Å². The first kappa shape index (κ1) is 15.5. The molecule has 0 bridgehead atoms. The first-order valence-corrected chi connectivity index (χ1v) is 8.23. The summed E-state index contributed by atoms with van der Waals surface area (Å²) in [6.45, 7) is 0. The van der Waals surface area contributed by atoms with Crippen LogP contribution in [0.15, 0.2) is 48.5 Å². The first-order chi connectivity index (χ1) is 11.2. The Morgan fingerprint density at radius 3 is 2.48 bits per heavy atom. The van der Waals surface area contributed by atoms with E-state index in [9.17, 15) is 9.59 Å². The summed E-state index contributed by atoms with van der Waals surface area (Å²) in [7, 11) is 0. The Morgan fingerprint density at radius 2 is 1.65 bits per heavy atom. The molecule has 0 heterocycles. The summed E-state index contributed by atoms with van der Waals surface area (Å²) >= 11 is 0. The fraction of sp³-hybridized carbons (Fsp3) is 0.300. The number of benzene rings is 2. The number of rotatable bonds is 5. The minimum absolute atomic E-state index is 0.0100. The molecule has 0 saturated heterocycles. The number of hydrogen-bond acceptors (Lipinski definition) is 2. The van der Waals surface area contributed by atoms with Gasteiger partial charge >= 0.3 is 0 Å². The van der Waals surface area contributed by atoms with Crippen molar-refractivity contribution in [3.05, 3.63) is 65.2 Å². The molecular formula is C20H21NO2. The largest absolute Gasteiger partial charge is 0.326 e. The summed E-state index contributed by atoms with van der Waals surface area (Å²) in [6.07, 6.45) is 4.96. The van der Waals surface area contributed by atoms with Crippen molar-refractivity contribution in [3.8, 4) is 0 Å². The van der Waals surface area contributed by atoms with Gasteiger partial charge in [0.15, 0.2) is 5.78 Å². The Morgan fingerprint density at radius 1 is 0.870 bits per heavy atom. The van der Waals surface area contributed by atoms with Crippen molar-refractivity contribution in [1.29, 1.82) is 0 Å². The van der Waals surface area contributed by atoms with Crippen LogP contribution in [-0.4, -0.2) is 11.7 Å². The molecule has 23 heavy (non-hydrogen) atoms. The summed E-state index contributed by atoms with van der Waals surface area (Å²) < 4.78 is 0. The molecule has 1 N–H and O–H groups in total. The van der Waals surface area contributed by atoms with E-state index in [2.05, 4.69) is 11.4 Å². The van der Waals surface area contributed by atoms with Crippen molar-refractivity contribution in [2.75, 3.05) is 5.32 Å². The molecule has 0 saturated carbocycles. The third-order valence-corrected chi connectivity index (χ3v) is 4.34. The van der Waals surface area contributed by atoms with Crippen LogP contribution in [0.4, 0.5) is 5.69 Å². The van der Waals surface area contributed by atoms with E-state index in [1.54, 1.807) is 12.1 Å². The fourth-order valence-corrected chi connectivity index (χ4v) is 3.11. The van der Waals surface area contributed by atoms with Crippen LogP contribution < -0.4 is 5.32 Å². The van der Waals surface area contributed by atoms with E-state index in [4.69, 9.17) is 0 Å². The number of amides is 1. The molecule has 3 rings (SSSR count). The van der Waals surface area contributed by atoms with Crippen LogP contribution in [0.2, 0.25) is 0 Å². The quantitative estimate of drug-likeness (QED) is 0.843. The van der Waals surface area contributed by atoms with E-state index in [1.807, 2.05) is 30.3 Å². The molecule has 0 spiro atoms. The number of nitrogens with one attached hydrogen (secondary N) is 1. The van der Waals surface area contributed by atoms with Crippen LogP contribution in [-0.2, 0) is 17.6 Å². The third-order valence-electron chi connectivity index (χ3n) is 4.34. The highest BCUT2D eigenvalue weighted by Crippen LogP contribution is 2.27. The molecule has 118 valence electrons. The Balaban J connectivity index is 1.59. The van der Waals surface area contributed by atoms with Gasteiger partial charge in [-0.2, -0.15) is 0 Å². The number of aryl methyl sites for hydroxylation is 1. The predicted octanol–water partition coefficient (Wildman–Crippen LogP) is 4.17. The van der Waals surface area contributed by atoms with Gasteiger partial charge in [-0.1, -0.05) is 42.5 Å². The number of fused-ring (bicyclic) bond motifs is 1. The lowest BCUT2D eigenvalue weighted by Crippen LogP contribution is -2.16. The van der Waals surface area contributed by atoms with Crippen molar-refractivity contribution < 1.29 is 9.59 Å². The van der Waals surface area contributed by atoms with E-state index in [1.165, 1.54) is 24.0 Å². The molecule has 0 fully saturated rings. The minimum Gasteiger partial charge on any atom is -0.326 e. The van der Waals surface area contributed by atoms with E-state index < -0.39 is 0 Å². The maximum atomic E-state index is 12.2. The number of hydrogen-bond donors (Lipinski definition) is 1. The minimum atomic E-state index is -0.0896. The normalized spacial score (nSPS) is 13.2.